The Hall–Kier alpha value is -3.13. The fourth-order valence-corrected chi connectivity index (χ4v) is 3.81. The van der Waals surface area contributed by atoms with Crippen molar-refractivity contribution >= 4 is 21.7 Å². The number of sulfonamides is 1. The molecule has 0 radical (unpaired) electrons. The molecule has 140 valence electrons. The predicted octanol–water partition coefficient (Wildman–Crippen LogP) is 3.21. The minimum atomic E-state index is -3.71. The maximum Gasteiger partial charge on any atom is 0.263 e. The molecule has 0 saturated carbocycles. The minimum Gasteiger partial charge on any atom is -0.496 e. The zero-order valence-electron chi connectivity index (χ0n) is 15.0. The van der Waals surface area contributed by atoms with E-state index in [0.29, 0.717) is 17.9 Å². The number of hydrogen-bond donors (Lipinski definition) is 2. The Bertz CT molecular complexity index is 1020. The van der Waals surface area contributed by atoms with Gasteiger partial charge in [0.1, 0.15) is 11.6 Å². The van der Waals surface area contributed by atoms with Crippen LogP contribution in [0.1, 0.15) is 11.1 Å². The van der Waals surface area contributed by atoms with Gasteiger partial charge in [0.25, 0.3) is 10.0 Å². The van der Waals surface area contributed by atoms with Crippen molar-refractivity contribution < 1.29 is 13.2 Å². The zero-order chi connectivity index (χ0) is 19.3. The molecule has 7 nitrogen and oxygen atoms in total. The standard InChI is InChI=1S/C19H20N4O3S/c1-14-7-3-6-10-17(14)27(24,25)23-19-12-11-18(21-22-19)20-13-15-8-4-5-9-16(15)26-2/h3-12H,13H2,1-2H3,(H,20,21)(H,22,23). The summed E-state index contributed by atoms with van der Waals surface area (Å²) >= 11 is 0. The SMILES string of the molecule is COc1ccccc1CNc1ccc(NS(=O)(=O)c2ccccc2C)nn1. The van der Waals surface area contributed by atoms with Crippen molar-refractivity contribution in [1.29, 1.82) is 0 Å². The number of rotatable bonds is 7. The number of para-hydroxylation sites is 1. The molecule has 0 bridgehead atoms. The smallest absolute Gasteiger partial charge is 0.263 e. The number of ether oxygens (including phenoxy) is 1. The van der Waals surface area contributed by atoms with Crippen molar-refractivity contribution in [2.75, 3.05) is 17.1 Å². The topological polar surface area (TPSA) is 93.2 Å². The number of nitrogens with zero attached hydrogens (tertiary/aromatic N) is 2. The average Bonchev–Trinajstić information content (AvgIpc) is 2.67. The fraction of sp³-hybridized carbons (Fsp3) is 0.158. The van der Waals surface area contributed by atoms with Crippen molar-refractivity contribution in [3.63, 3.8) is 0 Å². The Morgan fingerprint density at radius 1 is 0.926 bits per heavy atom. The highest BCUT2D eigenvalue weighted by atomic mass is 32.2. The van der Waals surface area contributed by atoms with Gasteiger partial charge in [0.15, 0.2) is 5.82 Å². The lowest BCUT2D eigenvalue weighted by Gasteiger charge is -2.11. The minimum absolute atomic E-state index is 0.154. The summed E-state index contributed by atoms with van der Waals surface area (Å²) in [6, 6.07) is 17.6. The van der Waals surface area contributed by atoms with Gasteiger partial charge in [-0.3, -0.25) is 4.72 Å². The lowest BCUT2D eigenvalue weighted by atomic mass is 10.2. The van der Waals surface area contributed by atoms with Gasteiger partial charge >= 0.3 is 0 Å². The van der Waals surface area contributed by atoms with Crippen LogP contribution in [0, 0.1) is 6.92 Å². The van der Waals surface area contributed by atoms with E-state index in [9.17, 15) is 8.42 Å². The maximum atomic E-state index is 12.5. The molecule has 0 spiro atoms. The second kappa shape index (κ2) is 8.05. The van der Waals surface area contributed by atoms with Gasteiger partial charge in [0.05, 0.1) is 12.0 Å². The Morgan fingerprint density at radius 3 is 2.30 bits per heavy atom. The van der Waals surface area contributed by atoms with Crippen molar-refractivity contribution in [2.45, 2.75) is 18.4 Å². The van der Waals surface area contributed by atoms with Crippen molar-refractivity contribution in [3.8, 4) is 5.75 Å². The highest BCUT2D eigenvalue weighted by Crippen LogP contribution is 2.20. The van der Waals surface area contributed by atoms with Crippen LogP contribution in [0.2, 0.25) is 0 Å². The van der Waals surface area contributed by atoms with Crippen LogP contribution in [0.3, 0.4) is 0 Å². The first-order chi connectivity index (χ1) is 13.0. The Balaban J connectivity index is 1.68. The molecule has 0 aliphatic rings. The predicted molar refractivity (Wildman–Crippen MR) is 104 cm³/mol. The molecule has 0 aliphatic heterocycles. The molecule has 0 aliphatic carbocycles. The maximum absolute atomic E-state index is 12.5. The summed E-state index contributed by atoms with van der Waals surface area (Å²) in [6.07, 6.45) is 0. The molecule has 8 heteroatoms. The van der Waals surface area contributed by atoms with Gasteiger partial charge in [0.2, 0.25) is 0 Å². The first-order valence-corrected chi connectivity index (χ1v) is 9.76. The summed E-state index contributed by atoms with van der Waals surface area (Å²) < 4.78 is 32.7. The monoisotopic (exact) mass is 384 g/mol. The summed E-state index contributed by atoms with van der Waals surface area (Å²) in [7, 11) is -2.09. The molecule has 0 saturated heterocycles. The largest absolute Gasteiger partial charge is 0.496 e. The molecule has 0 amide bonds. The number of anilines is 2. The third-order valence-electron chi connectivity index (χ3n) is 3.94. The summed E-state index contributed by atoms with van der Waals surface area (Å²) in [5, 5.41) is 11.1. The van der Waals surface area contributed by atoms with Crippen LogP contribution in [0.4, 0.5) is 11.6 Å². The Kier molecular flexibility index (Phi) is 5.56. The Morgan fingerprint density at radius 2 is 1.59 bits per heavy atom. The molecule has 0 unspecified atom stereocenters. The van der Waals surface area contributed by atoms with Gasteiger partial charge < -0.3 is 10.1 Å². The van der Waals surface area contributed by atoms with Gasteiger partial charge in [-0.15, -0.1) is 10.2 Å². The number of nitrogens with one attached hydrogen (secondary N) is 2. The molecule has 3 rings (SSSR count). The van der Waals surface area contributed by atoms with Crippen LogP contribution in [0.25, 0.3) is 0 Å². The van der Waals surface area contributed by atoms with Gasteiger partial charge in [-0.05, 0) is 36.8 Å². The van der Waals surface area contributed by atoms with E-state index in [2.05, 4.69) is 20.2 Å². The lowest BCUT2D eigenvalue weighted by molar-refractivity contribution is 0.410. The van der Waals surface area contributed by atoms with Crippen LogP contribution in [0.5, 0.6) is 5.75 Å². The van der Waals surface area contributed by atoms with Crippen molar-refractivity contribution in [3.05, 3.63) is 71.8 Å². The second-order valence-corrected chi connectivity index (χ2v) is 7.49. The first-order valence-electron chi connectivity index (χ1n) is 8.27. The van der Waals surface area contributed by atoms with E-state index >= 15 is 0 Å². The summed E-state index contributed by atoms with van der Waals surface area (Å²) in [4.78, 5) is 0.213. The summed E-state index contributed by atoms with van der Waals surface area (Å²) in [5.41, 5.74) is 1.64. The van der Waals surface area contributed by atoms with E-state index in [-0.39, 0.29) is 10.7 Å². The molecular weight excluding hydrogens is 364 g/mol. The van der Waals surface area contributed by atoms with E-state index in [1.807, 2.05) is 24.3 Å². The molecule has 3 aromatic rings. The third kappa shape index (κ3) is 4.53. The molecule has 0 fully saturated rings. The quantitative estimate of drug-likeness (QED) is 0.650. The number of aromatic nitrogens is 2. The van der Waals surface area contributed by atoms with E-state index in [4.69, 9.17) is 4.74 Å². The zero-order valence-corrected chi connectivity index (χ0v) is 15.8. The number of hydrogen-bond acceptors (Lipinski definition) is 6. The van der Waals surface area contributed by atoms with E-state index < -0.39 is 10.0 Å². The van der Waals surface area contributed by atoms with Gasteiger partial charge in [0, 0.05) is 12.1 Å². The van der Waals surface area contributed by atoms with Gasteiger partial charge in [-0.2, -0.15) is 0 Å². The van der Waals surface area contributed by atoms with Crippen molar-refractivity contribution in [1.82, 2.24) is 10.2 Å². The average molecular weight is 384 g/mol. The van der Waals surface area contributed by atoms with Gasteiger partial charge in [-0.25, -0.2) is 8.42 Å². The number of aryl methyl sites for hydroxylation is 1. The molecule has 0 atom stereocenters. The highest BCUT2D eigenvalue weighted by Gasteiger charge is 2.17. The molecule has 2 aromatic carbocycles. The van der Waals surface area contributed by atoms with Crippen LogP contribution < -0.4 is 14.8 Å². The normalized spacial score (nSPS) is 11.0. The highest BCUT2D eigenvalue weighted by molar-refractivity contribution is 7.92. The summed E-state index contributed by atoms with van der Waals surface area (Å²) in [6.45, 7) is 2.25. The lowest BCUT2D eigenvalue weighted by Crippen LogP contribution is -2.15. The van der Waals surface area contributed by atoms with Crippen LogP contribution >= 0.6 is 0 Å². The molecule has 1 heterocycles. The van der Waals surface area contributed by atoms with Crippen LogP contribution in [-0.2, 0) is 16.6 Å². The summed E-state index contributed by atoms with van der Waals surface area (Å²) in [5.74, 6) is 1.46. The molecule has 2 N–H and O–H groups in total. The first kappa shape index (κ1) is 18.7. The Labute approximate surface area is 158 Å². The molecule has 1 aromatic heterocycles. The van der Waals surface area contributed by atoms with Crippen molar-refractivity contribution in [2.24, 2.45) is 0 Å². The fourth-order valence-electron chi connectivity index (χ4n) is 2.57. The van der Waals surface area contributed by atoms with E-state index in [0.717, 1.165) is 11.3 Å². The molecular formula is C19H20N4O3S. The second-order valence-electron chi connectivity index (χ2n) is 5.84. The number of benzene rings is 2. The molecule has 27 heavy (non-hydrogen) atoms. The number of methoxy groups -OCH3 is 1. The van der Waals surface area contributed by atoms with Gasteiger partial charge in [-0.1, -0.05) is 36.4 Å². The third-order valence-corrected chi connectivity index (χ3v) is 5.45. The van der Waals surface area contributed by atoms with E-state index in [1.54, 1.807) is 50.4 Å². The van der Waals surface area contributed by atoms with Crippen LogP contribution in [-0.4, -0.2) is 25.7 Å². The van der Waals surface area contributed by atoms with Crippen LogP contribution in [0.15, 0.2) is 65.6 Å². The van der Waals surface area contributed by atoms with E-state index in [1.165, 1.54) is 0 Å².